The molecule has 7 heteroatoms. The Morgan fingerprint density at radius 3 is 2.95 bits per heavy atom. The van der Waals surface area contributed by atoms with E-state index in [9.17, 15) is 15.2 Å². The lowest BCUT2D eigenvalue weighted by Crippen LogP contribution is -2.08. The third-order valence-electron chi connectivity index (χ3n) is 2.75. The summed E-state index contributed by atoms with van der Waals surface area (Å²) < 4.78 is 6.51. The molecule has 108 valence electrons. The highest BCUT2D eigenvalue weighted by molar-refractivity contribution is 8.07. The van der Waals surface area contributed by atoms with E-state index in [0.29, 0.717) is 16.2 Å². The molecule has 0 aromatic carbocycles. The Kier molecular flexibility index (Phi) is 4.50. The summed E-state index contributed by atoms with van der Waals surface area (Å²) in [4.78, 5) is 16.2. The third kappa shape index (κ3) is 2.71. The number of aromatic nitrogens is 2. The average Bonchev–Trinajstić information content (AvgIpc) is 2.80. The molecule has 0 unspecified atom stereocenters. The van der Waals surface area contributed by atoms with Crippen molar-refractivity contribution in [1.29, 1.82) is 5.26 Å². The number of carbonyl (C=O) groups excluding carboxylic acids is 1. The number of fused-ring (bicyclic) bond motifs is 1. The zero-order chi connectivity index (χ0) is 15.4. The van der Waals surface area contributed by atoms with Gasteiger partial charge >= 0.3 is 5.97 Å². The molecule has 21 heavy (non-hydrogen) atoms. The van der Waals surface area contributed by atoms with Crippen LogP contribution in [0.25, 0.3) is 10.6 Å². The molecule has 0 saturated carbocycles. The highest BCUT2D eigenvalue weighted by Crippen LogP contribution is 2.35. The Labute approximate surface area is 125 Å². The summed E-state index contributed by atoms with van der Waals surface area (Å²) in [6, 6.07) is 7.12. The lowest BCUT2D eigenvalue weighted by Gasteiger charge is -2.08. The van der Waals surface area contributed by atoms with E-state index in [1.807, 2.05) is 6.07 Å². The van der Waals surface area contributed by atoms with Crippen LogP contribution < -0.4 is 0 Å². The minimum absolute atomic E-state index is 0.148. The largest absolute Gasteiger partial charge is 0.492 e. The quantitative estimate of drug-likeness (QED) is 0.529. The number of rotatable bonds is 4. The van der Waals surface area contributed by atoms with Crippen LogP contribution in [0.4, 0.5) is 0 Å². The van der Waals surface area contributed by atoms with E-state index in [4.69, 9.17) is 4.74 Å². The maximum atomic E-state index is 11.9. The van der Waals surface area contributed by atoms with Crippen LogP contribution in [0.3, 0.4) is 0 Å². The Morgan fingerprint density at radius 1 is 1.57 bits per heavy atom. The van der Waals surface area contributed by atoms with Crippen molar-refractivity contribution < 1.29 is 14.6 Å². The average molecular weight is 303 g/mol. The van der Waals surface area contributed by atoms with E-state index in [1.54, 1.807) is 42.0 Å². The van der Waals surface area contributed by atoms with Crippen LogP contribution in [0.5, 0.6) is 5.88 Å². The highest BCUT2D eigenvalue weighted by atomic mass is 32.2. The first-order chi connectivity index (χ1) is 10.1. The molecule has 2 aromatic heterocycles. The van der Waals surface area contributed by atoms with Crippen LogP contribution in [0, 0.1) is 11.3 Å². The highest BCUT2D eigenvalue weighted by Gasteiger charge is 2.23. The van der Waals surface area contributed by atoms with Crippen molar-refractivity contribution in [1.82, 2.24) is 9.38 Å². The number of nitrogens with zero attached hydrogens (tertiary/aromatic N) is 3. The molecule has 0 atom stereocenters. The van der Waals surface area contributed by atoms with E-state index in [-0.39, 0.29) is 18.1 Å². The molecule has 0 radical (unpaired) electrons. The van der Waals surface area contributed by atoms with Crippen LogP contribution in [0.15, 0.2) is 30.0 Å². The van der Waals surface area contributed by atoms with Crippen molar-refractivity contribution in [2.75, 3.05) is 12.9 Å². The molecular weight excluding hydrogens is 290 g/mol. The zero-order valence-electron chi connectivity index (χ0n) is 11.5. The number of esters is 1. The summed E-state index contributed by atoms with van der Waals surface area (Å²) in [5, 5.41) is 19.3. The first-order valence-corrected chi connectivity index (χ1v) is 7.38. The van der Waals surface area contributed by atoms with Crippen LogP contribution in [-0.4, -0.2) is 33.3 Å². The number of aromatic hydroxyl groups is 1. The number of hydrogen-bond acceptors (Lipinski definition) is 6. The molecule has 2 aromatic rings. The molecule has 1 N–H and O–H groups in total. The summed E-state index contributed by atoms with van der Waals surface area (Å²) in [6.07, 6.45) is 3.42. The molecular formula is C14H13N3O3S. The molecule has 0 saturated heterocycles. The molecule has 2 heterocycles. The maximum absolute atomic E-state index is 11.9. The molecule has 0 aliphatic rings. The van der Waals surface area contributed by atoms with Crippen LogP contribution in [0.2, 0.25) is 0 Å². The Morgan fingerprint density at radius 2 is 2.33 bits per heavy atom. The van der Waals surface area contributed by atoms with Crippen molar-refractivity contribution in [3.63, 3.8) is 0 Å². The molecule has 0 fully saturated rings. The number of hydrogen-bond donors (Lipinski definition) is 1. The predicted molar refractivity (Wildman–Crippen MR) is 79.5 cm³/mol. The van der Waals surface area contributed by atoms with Gasteiger partial charge in [-0.1, -0.05) is 6.07 Å². The number of ether oxygens (including phenoxy) is 1. The SMILES string of the molecule is CCOC(=O)/C(C#N)=C(\SC)c1c(O)nc2ccccn12. The van der Waals surface area contributed by atoms with E-state index in [0.717, 1.165) is 0 Å². The van der Waals surface area contributed by atoms with Gasteiger partial charge in [-0.15, -0.1) is 11.8 Å². The summed E-state index contributed by atoms with van der Waals surface area (Å²) in [7, 11) is 0. The topological polar surface area (TPSA) is 87.6 Å². The molecule has 0 spiro atoms. The van der Waals surface area contributed by atoms with Crippen LogP contribution in [0.1, 0.15) is 12.6 Å². The number of nitriles is 1. The number of thioether (sulfide) groups is 1. The van der Waals surface area contributed by atoms with Crippen molar-refractivity contribution in [2.24, 2.45) is 0 Å². The minimum atomic E-state index is -0.713. The van der Waals surface area contributed by atoms with Gasteiger partial charge in [0.05, 0.1) is 11.5 Å². The van der Waals surface area contributed by atoms with Gasteiger partial charge in [0.2, 0.25) is 5.88 Å². The predicted octanol–water partition coefficient (Wildman–Crippen LogP) is 2.20. The summed E-state index contributed by atoms with van der Waals surface area (Å²) >= 11 is 1.18. The van der Waals surface area contributed by atoms with Gasteiger partial charge in [0.1, 0.15) is 17.4 Å². The van der Waals surface area contributed by atoms with Crippen LogP contribution >= 0.6 is 11.8 Å². The second kappa shape index (κ2) is 6.33. The van der Waals surface area contributed by atoms with Gasteiger partial charge in [0, 0.05) is 6.20 Å². The fraction of sp³-hybridized carbons (Fsp3) is 0.214. The van der Waals surface area contributed by atoms with Crippen LogP contribution in [-0.2, 0) is 9.53 Å². The van der Waals surface area contributed by atoms with Crippen molar-refractivity contribution in [2.45, 2.75) is 6.92 Å². The molecule has 0 bridgehead atoms. The van der Waals surface area contributed by atoms with Gasteiger partial charge in [-0.25, -0.2) is 4.79 Å². The fourth-order valence-electron chi connectivity index (χ4n) is 1.90. The summed E-state index contributed by atoms with van der Waals surface area (Å²) in [5.41, 5.74) is 0.686. The van der Waals surface area contributed by atoms with E-state index < -0.39 is 5.97 Å². The van der Waals surface area contributed by atoms with E-state index >= 15 is 0 Å². The molecule has 0 aliphatic heterocycles. The standard InChI is InChI=1S/C14H13N3O3S/c1-3-20-14(19)9(8-15)12(21-2)11-13(18)16-10-6-4-5-7-17(10)11/h4-7,18H,3H2,1-2H3/b12-9-. The van der Waals surface area contributed by atoms with Gasteiger partial charge in [0.15, 0.2) is 5.57 Å². The molecule has 2 rings (SSSR count). The van der Waals surface area contributed by atoms with Crippen molar-refractivity contribution in [3.05, 3.63) is 35.7 Å². The smallest absolute Gasteiger partial charge is 0.350 e. The van der Waals surface area contributed by atoms with E-state index in [1.165, 1.54) is 11.8 Å². The second-order valence-corrected chi connectivity index (χ2v) is 4.77. The van der Waals surface area contributed by atoms with Gasteiger partial charge in [-0.2, -0.15) is 10.2 Å². The lowest BCUT2D eigenvalue weighted by molar-refractivity contribution is -0.137. The van der Waals surface area contributed by atoms with Crippen molar-refractivity contribution in [3.8, 4) is 11.9 Å². The van der Waals surface area contributed by atoms with Gasteiger partial charge in [-0.05, 0) is 25.3 Å². The molecule has 0 amide bonds. The first-order valence-electron chi connectivity index (χ1n) is 6.15. The van der Waals surface area contributed by atoms with Gasteiger partial charge in [-0.3, -0.25) is 4.40 Å². The van der Waals surface area contributed by atoms with E-state index in [2.05, 4.69) is 4.98 Å². The molecule has 0 aliphatic carbocycles. The normalized spacial score (nSPS) is 11.9. The Bertz CT molecular complexity index is 758. The van der Waals surface area contributed by atoms with Gasteiger partial charge in [0.25, 0.3) is 0 Å². The van der Waals surface area contributed by atoms with Crippen molar-refractivity contribution >= 4 is 28.3 Å². The first kappa shape index (κ1) is 14.9. The lowest BCUT2D eigenvalue weighted by atomic mass is 10.2. The van der Waals surface area contributed by atoms with Gasteiger partial charge < -0.3 is 9.84 Å². The second-order valence-electron chi connectivity index (χ2n) is 3.95. The fourth-order valence-corrected chi connectivity index (χ4v) is 2.62. The molecule has 6 nitrogen and oxygen atoms in total. The minimum Gasteiger partial charge on any atom is -0.492 e. The monoisotopic (exact) mass is 303 g/mol. The summed E-state index contributed by atoms with van der Waals surface area (Å²) in [5.74, 6) is -0.947. The summed E-state index contributed by atoms with van der Waals surface area (Å²) in [6.45, 7) is 1.84. The number of pyridine rings is 1. The number of imidazole rings is 1. The zero-order valence-corrected chi connectivity index (χ0v) is 12.3. The number of carbonyl (C=O) groups is 1. The Balaban J connectivity index is 2.71. The maximum Gasteiger partial charge on any atom is 0.350 e. The third-order valence-corrected chi connectivity index (χ3v) is 3.55. The Hall–Kier alpha value is -2.46.